The molecule has 28 heavy (non-hydrogen) atoms. The van der Waals surface area contributed by atoms with E-state index in [-0.39, 0.29) is 11.8 Å². The molecular formula is C21H32N2O5. The lowest BCUT2D eigenvalue weighted by molar-refractivity contribution is 0.0209. The molecule has 3 rings (SSSR count). The van der Waals surface area contributed by atoms with Crippen molar-refractivity contribution in [1.82, 2.24) is 10.2 Å². The first-order valence-electron chi connectivity index (χ1n) is 10.2. The van der Waals surface area contributed by atoms with Gasteiger partial charge in [-0.05, 0) is 57.0 Å². The van der Waals surface area contributed by atoms with Gasteiger partial charge in [-0.3, -0.25) is 4.79 Å². The molecule has 156 valence electrons. The number of nitrogens with one attached hydrogen (secondary N) is 1. The summed E-state index contributed by atoms with van der Waals surface area (Å²) in [6, 6.07) is 3.71. The average molecular weight is 392 g/mol. The van der Waals surface area contributed by atoms with Crippen molar-refractivity contribution in [2.24, 2.45) is 5.92 Å². The van der Waals surface area contributed by atoms with Crippen LogP contribution in [-0.4, -0.2) is 75.1 Å². The minimum atomic E-state index is -0.428. The molecule has 0 bridgehead atoms. The van der Waals surface area contributed by atoms with Crippen LogP contribution in [0.25, 0.3) is 0 Å². The van der Waals surface area contributed by atoms with Crippen LogP contribution in [0.5, 0.6) is 11.5 Å². The van der Waals surface area contributed by atoms with Gasteiger partial charge in [0.25, 0.3) is 5.91 Å². The van der Waals surface area contributed by atoms with E-state index in [1.54, 1.807) is 7.11 Å². The van der Waals surface area contributed by atoms with Gasteiger partial charge in [-0.15, -0.1) is 0 Å². The molecular weight excluding hydrogens is 360 g/mol. The summed E-state index contributed by atoms with van der Waals surface area (Å²) in [5, 5.41) is 13.5. The molecule has 1 aromatic rings. The number of aliphatic hydroxyl groups excluding tert-OH is 1. The van der Waals surface area contributed by atoms with Crippen molar-refractivity contribution in [2.75, 3.05) is 53.1 Å². The molecule has 1 aromatic carbocycles. The molecule has 1 amide bonds. The first-order valence-corrected chi connectivity index (χ1v) is 10.2. The van der Waals surface area contributed by atoms with Crippen LogP contribution in [0.15, 0.2) is 12.1 Å². The summed E-state index contributed by atoms with van der Waals surface area (Å²) in [7, 11) is 1.72. The van der Waals surface area contributed by atoms with Crippen LogP contribution in [0.4, 0.5) is 0 Å². The Kier molecular flexibility index (Phi) is 7.53. The maximum absolute atomic E-state index is 12.7. The number of ether oxygens (including phenoxy) is 3. The summed E-state index contributed by atoms with van der Waals surface area (Å²) in [4.78, 5) is 15.0. The van der Waals surface area contributed by atoms with Gasteiger partial charge < -0.3 is 29.5 Å². The van der Waals surface area contributed by atoms with E-state index in [1.165, 1.54) is 0 Å². The molecule has 1 fully saturated rings. The summed E-state index contributed by atoms with van der Waals surface area (Å²) in [5.41, 5.74) is 1.45. The Bertz CT molecular complexity index is 666. The number of β-amino-alcohol motifs (C(OH)–C–C–N with tert-alkyl or cyclic N) is 1. The lowest BCUT2D eigenvalue weighted by atomic mass is 9.93. The fourth-order valence-electron chi connectivity index (χ4n) is 3.85. The molecule has 0 unspecified atom stereocenters. The number of hydrogen-bond acceptors (Lipinski definition) is 6. The normalized spacial score (nSPS) is 22.1. The lowest BCUT2D eigenvalue weighted by Crippen LogP contribution is -2.47. The molecule has 0 spiro atoms. The highest BCUT2D eigenvalue weighted by molar-refractivity contribution is 5.98. The number of carbonyl (C=O) groups excluding carboxylic acids is 1. The molecule has 1 saturated heterocycles. The van der Waals surface area contributed by atoms with Crippen molar-refractivity contribution in [3.8, 4) is 11.5 Å². The second-order valence-electron chi connectivity index (χ2n) is 7.66. The van der Waals surface area contributed by atoms with Gasteiger partial charge in [0.1, 0.15) is 13.2 Å². The van der Waals surface area contributed by atoms with Gasteiger partial charge in [-0.2, -0.15) is 0 Å². The van der Waals surface area contributed by atoms with Gasteiger partial charge in [0, 0.05) is 32.7 Å². The predicted octanol–water partition coefficient (Wildman–Crippen LogP) is 1.61. The number of hydrogen-bond donors (Lipinski definition) is 2. The number of benzene rings is 1. The van der Waals surface area contributed by atoms with E-state index in [0.717, 1.165) is 44.5 Å². The number of methoxy groups -OCH3 is 1. The van der Waals surface area contributed by atoms with Gasteiger partial charge in [0.05, 0.1) is 11.7 Å². The molecule has 2 aliphatic heterocycles. The number of carbonyl (C=O) groups is 1. The molecule has 0 aliphatic carbocycles. The molecule has 7 nitrogen and oxygen atoms in total. The molecule has 0 aromatic heterocycles. The Hall–Kier alpha value is -1.83. The standard InChI is InChI=1S/C21H32N2O5/c1-15-11-17(20-19(12-15)27-9-10-28-20)21(25)22-13-16-5-7-23(14-18(16)24)6-3-4-8-26-2/h11-12,16,18,24H,3-10,13-14H2,1-2H3,(H,22,25)/t16-,18+/m0/s1. The molecule has 2 heterocycles. The van der Waals surface area contributed by atoms with Crippen LogP contribution in [0, 0.1) is 12.8 Å². The minimum absolute atomic E-state index is 0.0666. The van der Waals surface area contributed by atoms with Crippen LogP contribution < -0.4 is 14.8 Å². The van der Waals surface area contributed by atoms with Crippen LogP contribution in [0.1, 0.15) is 35.2 Å². The summed E-state index contributed by atoms with van der Waals surface area (Å²) < 4.78 is 16.3. The second-order valence-corrected chi connectivity index (χ2v) is 7.66. The van der Waals surface area contributed by atoms with E-state index < -0.39 is 6.10 Å². The van der Waals surface area contributed by atoms with Gasteiger partial charge >= 0.3 is 0 Å². The highest BCUT2D eigenvalue weighted by Crippen LogP contribution is 2.35. The van der Waals surface area contributed by atoms with Crippen molar-refractivity contribution in [3.63, 3.8) is 0 Å². The van der Waals surface area contributed by atoms with Gasteiger partial charge in [0.2, 0.25) is 0 Å². The SMILES string of the molecule is COCCCCN1CC[C@@H](CNC(=O)c2cc(C)cc3c2OCCO3)[C@H](O)C1. The van der Waals surface area contributed by atoms with Crippen molar-refractivity contribution in [2.45, 2.75) is 32.3 Å². The first kappa shape index (κ1) is 20.9. The molecule has 2 aliphatic rings. The Morgan fingerprint density at radius 3 is 2.93 bits per heavy atom. The highest BCUT2D eigenvalue weighted by atomic mass is 16.6. The largest absolute Gasteiger partial charge is 0.486 e. The summed E-state index contributed by atoms with van der Waals surface area (Å²) in [6.45, 7) is 6.69. The maximum atomic E-state index is 12.7. The number of aliphatic hydroxyl groups is 1. The third-order valence-corrected chi connectivity index (χ3v) is 5.43. The van der Waals surface area contributed by atoms with Gasteiger partial charge in [0.15, 0.2) is 11.5 Å². The number of unbranched alkanes of at least 4 members (excludes halogenated alkanes) is 1. The quantitative estimate of drug-likeness (QED) is 0.655. The van der Waals surface area contributed by atoms with Crippen molar-refractivity contribution in [1.29, 1.82) is 0 Å². The summed E-state index contributed by atoms with van der Waals surface area (Å²) in [6.07, 6.45) is 2.55. The Morgan fingerprint density at radius 1 is 1.32 bits per heavy atom. The zero-order valence-corrected chi connectivity index (χ0v) is 16.9. The maximum Gasteiger partial charge on any atom is 0.255 e. The van der Waals surface area contributed by atoms with Crippen LogP contribution in [-0.2, 0) is 4.74 Å². The zero-order chi connectivity index (χ0) is 19.9. The number of likely N-dealkylation sites (tertiary alicyclic amines) is 1. The number of nitrogens with zero attached hydrogens (tertiary/aromatic N) is 1. The number of amides is 1. The second kappa shape index (κ2) is 10.1. The minimum Gasteiger partial charge on any atom is -0.486 e. The van der Waals surface area contributed by atoms with E-state index in [2.05, 4.69) is 10.2 Å². The fraction of sp³-hybridized carbons (Fsp3) is 0.667. The van der Waals surface area contributed by atoms with Crippen molar-refractivity contribution >= 4 is 5.91 Å². The molecule has 2 atom stereocenters. The fourth-order valence-corrected chi connectivity index (χ4v) is 3.85. The molecule has 7 heteroatoms. The number of rotatable bonds is 8. The van der Waals surface area contributed by atoms with Crippen LogP contribution >= 0.6 is 0 Å². The Labute approximate surface area is 166 Å². The van der Waals surface area contributed by atoms with Crippen molar-refractivity contribution in [3.05, 3.63) is 23.3 Å². The smallest absolute Gasteiger partial charge is 0.255 e. The van der Waals surface area contributed by atoms with Crippen molar-refractivity contribution < 1.29 is 24.1 Å². The van der Waals surface area contributed by atoms with E-state index in [9.17, 15) is 9.90 Å². The van der Waals surface area contributed by atoms with E-state index in [4.69, 9.17) is 14.2 Å². The molecule has 0 saturated carbocycles. The number of fused-ring (bicyclic) bond motifs is 1. The third-order valence-electron chi connectivity index (χ3n) is 5.43. The number of aryl methyl sites for hydroxylation is 1. The van der Waals surface area contributed by atoms with Crippen LogP contribution in [0.3, 0.4) is 0 Å². The van der Waals surface area contributed by atoms with Gasteiger partial charge in [-0.1, -0.05) is 0 Å². The van der Waals surface area contributed by atoms with E-state index in [1.807, 2.05) is 19.1 Å². The third kappa shape index (κ3) is 5.37. The summed E-state index contributed by atoms with van der Waals surface area (Å²) in [5.74, 6) is 1.02. The molecule has 0 radical (unpaired) electrons. The molecule has 2 N–H and O–H groups in total. The predicted molar refractivity (Wildman–Crippen MR) is 106 cm³/mol. The first-order chi connectivity index (χ1) is 13.6. The monoisotopic (exact) mass is 392 g/mol. The van der Waals surface area contributed by atoms with Gasteiger partial charge in [-0.25, -0.2) is 0 Å². The zero-order valence-electron chi connectivity index (χ0n) is 16.9. The highest BCUT2D eigenvalue weighted by Gasteiger charge is 2.28. The lowest BCUT2D eigenvalue weighted by Gasteiger charge is -2.36. The van der Waals surface area contributed by atoms with Crippen LogP contribution in [0.2, 0.25) is 0 Å². The Morgan fingerprint density at radius 2 is 2.14 bits per heavy atom. The number of piperidine rings is 1. The van der Waals surface area contributed by atoms with E-state index >= 15 is 0 Å². The Balaban J connectivity index is 1.50. The van der Waals surface area contributed by atoms with E-state index in [0.29, 0.717) is 43.4 Å². The summed E-state index contributed by atoms with van der Waals surface area (Å²) >= 11 is 0. The average Bonchev–Trinajstić information content (AvgIpc) is 2.69. The topological polar surface area (TPSA) is 80.3 Å².